The predicted molar refractivity (Wildman–Crippen MR) is 73.2 cm³/mol. The first-order chi connectivity index (χ1) is 9.66. The number of carbonyl (C=O) groups is 2. The van der Waals surface area contributed by atoms with E-state index in [1.165, 1.54) is 4.90 Å². The molecule has 1 heterocycles. The zero-order valence-corrected chi connectivity index (χ0v) is 10.7. The first-order valence-corrected chi connectivity index (χ1v) is 6.37. The summed E-state index contributed by atoms with van der Waals surface area (Å²) in [5.74, 6) is -0.209. The molecule has 1 fully saturated rings. The van der Waals surface area contributed by atoms with Gasteiger partial charge in [-0.15, -0.1) is 0 Å². The molecule has 0 aliphatic carbocycles. The highest BCUT2D eigenvalue weighted by Crippen LogP contribution is 2.27. The number of phenolic OH excluding ortho intramolecular Hbond substituents is 1. The first-order valence-electron chi connectivity index (χ1n) is 6.37. The fourth-order valence-corrected chi connectivity index (χ4v) is 2.21. The van der Waals surface area contributed by atoms with Gasteiger partial charge in [0.25, 0.3) is 11.8 Å². The summed E-state index contributed by atoms with van der Waals surface area (Å²) in [5.41, 5.74) is 1.44. The summed E-state index contributed by atoms with van der Waals surface area (Å²) in [6.45, 7) is 0. The smallest absolute Gasteiger partial charge is 0.261 e. The Morgan fingerprint density at radius 1 is 1.05 bits per heavy atom. The number of amides is 2. The molecule has 2 amide bonds. The Morgan fingerprint density at radius 3 is 2.35 bits per heavy atom. The molecule has 100 valence electrons. The third kappa shape index (κ3) is 2.28. The second-order valence-corrected chi connectivity index (χ2v) is 4.77. The van der Waals surface area contributed by atoms with Gasteiger partial charge in [-0.05, 0) is 29.8 Å². The number of benzene rings is 2. The normalized spacial score (nSPS) is 17.1. The molecule has 1 aliphatic rings. The second kappa shape index (κ2) is 4.81. The van der Waals surface area contributed by atoms with Crippen LogP contribution in [0.1, 0.15) is 15.9 Å². The van der Waals surface area contributed by atoms with Crippen LogP contribution in [-0.2, 0) is 11.2 Å². The number of imide groups is 1. The highest BCUT2D eigenvalue weighted by molar-refractivity contribution is 6.16. The van der Waals surface area contributed by atoms with E-state index in [0.29, 0.717) is 12.0 Å². The van der Waals surface area contributed by atoms with E-state index in [1.54, 1.807) is 48.5 Å². The molecule has 1 atom stereocenters. The molecule has 1 saturated heterocycles. The maximum Gasteiger partial charge on any atom is 0.261 e. The minimum Gasteiger partial charge on any atom is -0.508 e. The maximum absolute atomic E-state index is 12.1. The van der Waals surface area contributed by atoms with Crippen molar-refractivity contribution in [3.05, 3.63) is 65.7 Å². The van der Waals surface area contributed by atoms with Gasteiger partial charge in [-0.3, -0.25) is 14.5 Å². The first kappa shape index (κ1) is 12.4. The van der Waals surface area contributed by atoms with Crippen LogP contribution in [0, 0.1) is 0 Å². The van der Waals surface area contributed by atoms with Crippen LogP contribution in [0.5, 0.6) is 5.75 Å². The number of aromatic hydroxyl groups is 1. The van der Waals surface area contributed by atoms with Crippen molar-refractivity contribution in [3.63, 3.8) is 0 Å². The topological polar surface area (TPSA) is 57.4 Å². The van der Waals surface area contributed by atoms with E-state index in [2.05, 4.69) is 0 Å². The fraction of sp³-hybridized carbons (Fsp3) is 0.125. The summed E-state index contributed by atoms with van der Waals surface area (Å²) in [7, 11) is 0. The summed E-state index contributed by atoms with van der Waals surface area (Å²) in [6, 6.07) is 15.1. The minimum atomic E-state index is -0.382. The summed E-state index contributed by atoms with van der Waals surface area (Å²) >= 11 is 0. The van der Waals surface area contributed by atoms with Gasteiger partial charge >= 0.3 is 0 Å². The molecular formula is C16H13NO3. The van der Waals surface area contributed by atoms with Crippen molar-refractivity contribution >= 4 is 11.8 Å². The Hall–Kier alpha value is -2.62. The van der Waals surface area contributed by atoms with Crippen molar-refractivity contribution in [2.24, 2.45) is 0 Å². The number of carbonyl (C=O) groups excluding carboxylic acids is 2. The van der Waals surface area contributed by atoms with E-state index in [1.807, 2.05) is 6.07 Å². The lowest BCUT2D eigenvalue weighted by atomic mass is 10.1. The van der Waals surface area contributed by atoms with Gasteiger partial charge in [-0.25, -0.2) is 0 Å². The molecule has 0 saturated carbocycles. The third-order valence-electron chi connectivity index (χ3n) is 3.37. The fourth-order valence-electron chi connectivity index (χ4n) is 2.21. The number of phenols is 1. The zero-order chi connectivity index (χ0) is 14.1. The lowest BCUT2D eigenvalue weighted by molar-refractivity contribution is -0.113. The average molecular weight is 267 g/mol. The van der Waals surface area contributed by atoms with Crippen molar-refractivity contribution in [2.45, 2.75) is 12.5 Å². The van der Waals surface area contributed by atoms with Crippen molar-refractivity contribution in [2.75, 3.05) is 0 Å². The van der Waals surface area contributed by atoms with Gasteiger partial charge in [0.05, 0.1) is 0 Å². The Morgan fingerprint density at radius 2 is 1.70 bits per heavy atom. The van der Waals surface area contributed by atoms with E-state index in [-0.39, 0.29) is 23.6 Å². The van der Waals surface area contributed by atoms with E-state index >= 15 is 0 Å². The molecule has 0 spiro atoms. The van der Waals surface area contributed by atoms with Crippen LogP contribution in [-0.4, -0.2) is 27.9 Å². The van der Waals surface area contributed by atoms with Crippen LogP contribution in [0.3, 0.4) is 0 Å². The van der Waals surface area contributed by atoms with E-state index < -0.39 is 0 Å². The lowest BCUT2D eigenvalue weighted by Gasteiger charge is -2.02. The van der Waals surface area contributed by atoms with Gasteiger partial charge in [0.15, 0.2) is 0 Å². The molecule has 2 aromatic rings. The summed E-state index contributed by atoms with van der Waals surface area (Å²) in [5, 5.41) is 9.22. The van der Waals surface area contributed by atoms with Crippen LogP contribution in [0.15, 0.2) is 54.6 Å². The predicted octanol–water partition coefficient (Wildman–Crippen LogP) is 1.99. The maximum atomic E-state index is 12.1. The quantitative estimate of drug-likeness (QED) is 0.683. The number of hydrogen-bond acceptors (Lipinski definition) is 3. The summed E-state index contributed by atoms with van der Waals surface area (Å²) < 4.78 is 0. The molecule has 0 radical (unpaired) electrons. The molecule has 0 bridgehead atoms. The highest BCUT2D eigenvalue weighted by atomic mass is 16.3. The molecule has 3 rings (SSSR count). The molecule has 20 heavy (non-hydrogen) atoms. The number of nitrogens with zero attached hydrogens (tertiary/aromatic N) is 1. The molecule has 4 heteroatoms. The minimum absolute atomic E-state index is 0.146. The van der Waals surface area contributed by atoms with Crippen molar-refractivity contribution in [1.82, 2.24) is 4.90 Å². The number of hydrogen-bond donors (Lipinski definition) is 1. The van der Waals surface area contributed by atoms with Gasteiger partial charge in [0.2, 0.25) is 0 Å². The highest BCUT2D eigenvalue weighted by Gasteiger charge is 2.50. The van der Waals surface area contributed by atoms with Gasteiger partial charge in [0, 0.05) is 12.0 Å². The van der Waals surface area contributed by atoms with Gasteiger partial charge in [-0.1, -0.05) is 30.3 Å². The molecule has 0 unspecified atom stereocenters. The molecule has 0 aromatic heterocycles. The van der Waals surface area contributed by atoms with Crippen LogP contribution in [0.2, 0.25) is 0 Å². The summed E-state index contributed by atoms with van der Waals surface area (Å²) in [6.07, 6.45) is 0.484. The largest absolute Gasteiger partial charge is 0.508 e. The van der Waals surface area contributed by atoms with Crippen molar-refractivity contribution in [1.29, 1.82) is 0 Å². The Balaban J connectivity index is 1.70. The van der Waals surface area contributed by atoms with Crippen LogP contribution in [0.4, 0.5) is 0 Å². The van der Waals surface area contributed by atoms with Crippen molar-refractivity contribution < 1.29 is 14.7 Å². The van der Waals surface area contributed by atoms with Crippen LogP contribution >= 0.6 is 0 Å². The van der Waals surface area contributed by atoms with Crippen molar-refractivity contribution in [3.8, 4) is 5.75 Å². The molecule has 4 nitrogen and oxygen atoms in total. The molecule has 1 N–H and O–H groups in total. The standard InChI is InChI=1S/C16H13NO3/c18-13-8-6-11(7-9-13)10-14-16(20)17(14)15(19)12-4-2-1-3-5-12/h1-9,14,18H,10H2/t14-,17?/m0/s1. The number of rotatable bonds is 3. The van der Waals surface area contributed by atoms with Gasteiger partial charge < -0.3 is 5.11 Å². The molecular weight excluding hydrogens is 254 g/mol. The SMILES string of the molecule is O=C(c1ccccc1)N1C(=O)[C@@H]1Cc1ccc(O)cc1. The second-order valence-electron chi connectivity index (χ2n) is 4.77. The Labute approximate surface area is 116 Å². The van der Waals surface area contributed by atoms with Gasteiger partial charge in [0.1, 0.15) is 11.8 Å². The molecule has 2 aromatic carbocycles. The van der Waals surface area contributed by atoms with E-state index in [0.717, 1.165) is 5.56 Å². The Kier molecular flexibility index (Phi) is 2.99. The van der Waals surface area contributed by atoms with E-state index in [4.69, 9.17) is 0 Å². The summed E-state index contributed by atoms with van der Waals surface area (Å²) in [4.78, 5) is 25.2. The Bertz CT molecular complexity index is 649. The lowest BCUT2D eigenvalue weighted by Crippen LogP contribution is -2.15. The van der Waals surface area contributed by atoms with E-state index in [9.17, 15) is 14.7 Å². The monoisotopic (exact) mass is 267 g/mol. The average Bonchev–Trinajstić information content (AvgIpc) is 3.11. The van der Waals surface area contributed by atoms with Crippen LogP contribution in [0.25, 0.3) is 0 Å². The van der Waals surface area contributed by atoms with Crippen LogP contribution < -0.4 is 0 Å². The zero-order valence-electron chi connectivity index (χ0n) is 10.7. The third-order valence-corrected chi connectivity index (χ3v) is 3.37. The van der Waals surface area contributed by atoms with Gasteiger partial charge in [-0.2, -0.15) is 0 Å². The molecule has 1 aliphatic heterocycles.